The molecule has 2 fully saturated rings. The Bertz CT molecular complexity index is 1520. The van der Waals surface area contributed by atoms with Crippen LogP contribution in [-0.4, -0.2) is 50.4 Å². The molecule has 1 aromatic carbocycles. The van der Waals surface area contributed by atoms with Crippen molar-refractivity contribution in [2.45, 2.75) is 44.8 Å². The number of ether oxygens (including phenoxy) is 1. The minimum Gasteiger partial charge on any atom is -0.457 e. The zero-order valence-electron chi connectivity index (χ0n) is 19.3. The number of hydrogen-bond donors (Lipinski definition) is 0. The van der Waals surface area contributed by atoms with Crippen LogP contribution in [0.15, 0.2) is 48.8 Å². The van der Waals surface area contributed by atoms with Gasteiger partial charge in [0.25, 0.3) is 0 Å². The van der Waals surface area contributed by atoms with Crippen LogP contribution < -0.4 is 0 Å². The number of fused-ring (bicyclic) bond motifs is 1. The predicted octanol–water partition coefficient (Wildman–Crippen LogP) is 3.52. The first-order valence-electron chi connectivity index (χ1n) is 11.7. The molecule has 0 bridgehead atoms. The summed E-state index contributed by atoms with van der Waals surface area (Å²) in [5, 5.41) is 9.48. The quantitative estimate of drug-likeness (QED) is 0.380. The average Bonchev–Trinajstić information content (AvgIpc) is 3.27. The van der Waals surface area contributed by atoms with Crippen molar-refractivity contribution < 1.29 is 17.9 Å². The van der Waals surface area contributed by atoms with Crippen LogP contribution in [0.1, 0.15) is 58.5 Å². The Labute approximate surface area is 202 Å². The average molecular weight is 492 g/mol. The third kappa shape index (κ3) is 4.22. The van der Waals surface area contributed by atoms with E-state index in [-0.39, 0.29) is 24.2 Å². The van der Waals surface area contributed by atoms with Gasteiger partial charge in [0.05, 0.1) is 39.9 Å². The molecule has 9 nitrogen and oxygen atoms in total. The highest BCUT2D eigenvalue weighted by molar-refractivity contribution is 7.91. The van der Waals surface area contributed by atoms with Gasteiger partial charge in [-0.25, -0.2) is 27.6 Å². The monoisotopic (exact) mass is 491 g/mol. The summed E-state index contributed by atoms with van der Waals surface area (Å²) in [5.74, 6) is 0.0790. The van der Waals surface area contributed by atoms with Crippen LogP contribution in [0.25, 0.3) is 16.7 Å². The second-order valence-electron chi connectivity index (χ2n) is 9.35. The van der Waals surface area contributed by atoms with Gasteiger partial charge in [0.2, 0.25) is 0 Å². The molecule has 1 aliphatic carbocycles. The van der Waals surface area contributed by atoms with Gasteiger partial charge in [0.1, 0.15) is 6.61 Å². The van der Waals surface area contributed by atoms with E-state index in [4.69, 9.17) is 9.72 Å². The molecule has 10 heteroatoms. The fourth-order valence-electron chi connectivity index (χ4n) is 4.70. The lowest BCUT2D eigenvalue weighted by atomic mass is 10.1. The van der Waals surface area contributed by atoms with E-state index in [0.717, 1.165) is 29.8 Å². The summed E-state index contributed by atoms with van der Waals surface area (Å²) in [6.07, 6.45) is 6.14. The lowest BCUT2D eigenvalue weighted by molar-refractivity contribution is 0.0475. The van der Waals surface area contributed by atoms with Crippen LogP contribution in [0.2, 0.25) is 0 Å². The molecule has 2 aliphatic rings. The molecule has 0 radical (unpaired) electrons. The number of nitrogens with zero attached hydrogens (tertiary/aromatic N) is 5. The third-order valence-electron chi connectivity index (χ3n) is 6.70. The van der Waals surface area contributed by atoms with Crippen molar-refractivity contribution in [1.29, 1.82) is 0 Å². The summed E-state index contributed by atoms with van der Waals surface area (Å²) >= 11 is 0. The second kappa shape index (κ2) is 8.30. The summed E-state index contributed by atoms with van der Waals surface area (Å²) < 4.78 is 33.4. The fourth-order valence-corrected chi connectivity index (χ4v) is 6.39. The number of sulfone groups is 1. The first-order chi connectivity index (χ1) is 16.9. The second-order valence-corrected chi connectivity index (χ2v) is 11.6. The van der Waals surface area contributed by atoms with Gasteiger partial charge in [-0.15, -0.1) is 0 Å². The van der Waals surface area contributed by atoms with Crippen molar-refractivity contribution in [3.05, 3.63) is 71.3 Å². The van der Waals surface area contributed by atoms with Gasteiger partial charge in [0.15, 0.2) is 15.5 Å². The minimum atomic E-state index is -3.09. The van der Waals surface area contributed by atoms with E-state index in [1.54, 1.807) is 15.6 Å². The van der Waals surface area contributed by atoms with Gasteiger partial charge >= 0.3 is 5.97 Å². The first-order valence-corrected chi connectivity index (χ1v) is 13.6. The summed E-state index contributed by atoms with van der Waals surface area (Å²) in [4.78, 5) is 18.1. The van der Waals surface area contributed by atoms with E-state index in [1.165, 1.54) is 0 Å². The van der Waals surface area contributed by atoms with Crippen molar-refractivity contribution in [2.75, 3.05) is 11.5 Å². The molecule has 1 saturated heterocycles. The molecular formula is C25H25N5O4S. The van der Waals surface area contributed by atoms with E-state index < -0.39 is 15.8 Å². The Hall–Kier alpha value is -3.53. The standard InChI is InChI=1S/C25H25N5O4S/c1-16-23-21(25(31)34-14-17-3-7-19(8-4-17)29-11-2-10-26-29)13-22(18-5-6-18)27-24(23)30(28-16)20-9-12-35(32,33)15-20/h2-4,7-8,10-11,13,18,20H,5-6,9,12,14-15H2,1H3. The number of carbonyl (C=O) groups is 1. The molecule has 180 valence electrons. The van der Waals surface area contributed by atoms with Gasteiger partial charge in [-0.1, -0.05) is 12.1 Å². The molecular weight excluding hydrogens is 466 g/mol. The zero-order valence-corrected chi connectivity index (χ0v) is 20.1. The van der Waals surface area contributed by atoms with Crippen molar-refractivity contribution in [2.24, 2.45) is 0 Å². The summed E-state index contributed by atoms with van der Waals surface area (Å²) in [6.45, 7) is 1.96. The van der Waals surface area contributed by atoms with Gasteiger partial charge < -0.3 is 4.74 Å². The fraction of sp³-hybridized carbons (Fsp3) is 0.360. The van der Waals surface area contributed by atoms with Crippen molar-refractivity contribution >= 4 is 26.8 Å². The van der Waals surface area contributed by atoms with Gasteiger partial charge in [0, 0.05) is 24.0 Å². The van der Waals surface area contributed by atoms with Crippen LogP contribution in [0.3, 0.4) is 0 Å². The molecule has 1 aliphatic heterocycles. The smallest absolute Gasteiger partial charge is 0.339 e. The molecule has 0 N–H and O–H groups in total. The molecule has 0 amide bonds. The minimum absolute atomic E-state index is 0.0485. The highest BCUT2D eigenvalue weighted by Gasteiger charge is 2.34. The number of esters is 1. The van der Waals surface area contributed by atoms with Crippen LogP contribution >= 0.6 is 0 Å². The summed E-state index contributed by atoms with van der Waals surface area (Å²) in [5.41, 5.74) is 4.29. The summed E-state index contributed by atoms with van der Waals surface area (Å²) in [7, 11) is -3.09. The Balaban J connectivity index is 1.29. The number of aromatic nitrogens is 5. The molecule has 4 aromatic rings. The first kappa shape index (κ1) is 22.0. The molecule has 1 atom stereocenters. The number of aryl methyl sites for hydroxylation is 1. The molecule has 4 heterocycles. The van der Waals surface area contributed by atoms with Gasteiger partial charge in [-0.3, -0.25) is 0 Å². The Kier molecular flexibility index (Phi) is 5.21. The molecule has 35 heavy (non-hydrogen) atoms. The van der Waals surface area contributed by atoms with E-state index in [2.05, 4.69) is 10.2 Å². The van der Waals surface area contributed by atoms with Crippen LogP contribution in [0.4, 0.5) is 0 Å². The summed E-state index contributed by atoms with van der Waals surface area (Å²) in [6, 6.07) is 11.1. The molecule has 1 unspecified atom stereocenters. The largest absolute Gasteiger partial charge is 0.457 e. The van der Waals surface area contributed by atoms with E-state index in [0.29, 0.717) is 34.6 Å². The van der Waals surface area contributed by atoms with Crippen LogP contribution in [0, 0.1) is 6.92 Å². The van der Waals surface area contributed by atoms with Crippen LogP contribution in [-0.2, 0) is 21.2 Å². The molecule has 3 aromatic heterocycles. The highest BCUT2D eigenvalue weighted by atomic mass is 32.2. The third-order valence-corrected chi connectivity index (χ3v) is 8.45. The zero-order chi connectivity index (χ0) is 24.2. The van der Waals surface area contributed by atoms with Crippen LogP contribution in [0.5, 0.6) is 0 Å². The van der Waals surface area contributed by atoms with E-state index >= 15 is 0 Å². The van der Waals surface area contributed by atoms with Crippen molar-refractivity contribution in [1.82, 2.24) is 24.5 Å². The maximum absolute atomic E-state index is 13.3. The highest BCUT2D eigenvalue weighted by Crippen LogP contribution is 2.41. The topological polar surface area (TPSA) is 109 Å². The number of carbonyl (C=O) groups excluding carboxylic acids is 1. The number of rotatable bonds is 6. The van der Waals surface area contributed by atoms with Gasteiger partial charge in [-0.05, 0) is 56.0 Å². The molecule has 1 saturated carbocycles. The number of benzene rings is 1. The molecule has 0 spiro atoms. The van der Waals surface area contributed by atoms with E-state index in [1.807, 2.05) is 49.5 Å². The Morgan fingerprint density at radius 3 is 2.63 bits per heavy atom. The normalized spacial score (nSPS) is 19.3. The molecule has 6 rings (SSSR count). The van der Waals surface area contributed by atoms with Crippen molar-refractivity contribution in [3.8, 4) is 5.69 Å². The maximum atomic E-state index is 13.3. The lowest BCUT2D eigenvalue weighted by Gasteiger charge is -2.12. The maximum Gasteiger partial charge on any atom is 0.339 e. The lowest BCUT2D eigenvalue weighted by Crippen LogP contribution is -2.14. The predicted molar refractivity (Wildman–Crippen MR) is 129 cm³/mol. The van der Waals surface area contributed by atoms with Crippen molar-refractivity contribution in [3.63, 3.8) is 0 Å². The van der Waals surface area contributed by atoms with Gasteiger partial charge in [-0.2, -0.15) is 10.2 Å². The Morgan fingerprint density at radius 2 is 1.97 bits per heavy atom. The number of pyridine rings is 1. The SMILES string of the molecule is Cc1nn(C2CCS(=O)(=O)C2)c2nc(C3CC3)cc(C(=O)OCc3ccc(-n4cccn4)cc3)c12. The van der Waals surface area contributed by atoms with E-state index in [9.17, 15) is 13.2 Å². The Morgan fingerprint density at radius 1 is 1.17 bits per heavy atom. The number of hydrogen-bond acceptors (Lipinski definition) is 7.